The summed E-state index contributed by atoms with van der Waals surface area (Å²) in [7, 11) is 0. The van der Waals surface area contributed by atoms with E-state index in [2.05, 4.69) is 26.0 Å². The maximum atomic E-state index is 14.7. The molecule has 3 aliphatic carbocycles. The van der Waals surface area contributed by atoms with Crippen molar-refractivity contribution in [1.82, 2.24) is 0 Å². The molecule has 0 bridgehead atoms. The van der Waals surface area contributed by atoms with Crippen molar-refractivity contribution in [3.8, 4) is 22.6 Å². The first kappa shape index (κ1) is 36.6. The minimum Gasteiger partial charge on any atom is -0.492 e. The Morgan fingerprint density at radius 3 is 1.65 bits per heavy atom. The third kappa shape index (κ3) is 8.92. The van der Waals surface area contributed by atoms with Crippen LogP contribution in [-0.2, 0) is 0 Å². The first-order chi connectivity index (χ1) is 23.2. The topological polar surface area (TPSA) is 18.5 Å². The normalized spacial score (nSPS) is 25.9. The van der Waals surface area contributed by atoms with Gasteiger partial charge in [0.2, 0.25) is 5.82 Å². The maximum Gasteiger partial charge on any atom is 0.201 e. The van der Waals surface area contributed by atoms with Gasteiger partial charge in [-0.2, -0.15) is 4.39 Å². The quantitative estimate of drug-likeness (QED) is 0.235. The molecule has 0 spiro atoms. The van der Waals surface area contributed by atoms with Crippen LogP contribution in [0.4, 0.5) is 13.2 Å². The highest BCUT2D eigenvalue weighted by Gasteiger charge is 2.32. The minimum atomic E-state index is -0.917. The Kier molecular flexibility index (Phi) is 13.2. The molecule has 0 N–H and O–H groups in total. The van der Waals surface area contributed by atoms with Gasteiger partial charge in [-0.3, -0.25) is 0 Å². The summed E-state index contributed by atoms with van der Waals surface area (Å²) in [6.07, 6.45) is 15.2. The summed E-state index contributed by atoms with van der Waals surface area (Å²) < 4.78 is 53.5. The van der Waals surface area contributed by atoms with E-state index in [1.54, 1.807) is 13.0 Å². The van der Waals surface area contributed by atoms with E-state index in [9.17, 15) is 13.2 Å². The molecule has 6 heteroatoms. The fraction of sp³-hybridized carbons (Fsp3) is 0.571. The van der Waals surface area contributed by atoms with E-state index in [0.29, 0.717) is 36.4 Å². The van der Waals surface area contributed by atoms with Crippen molar-refractivity contribution < 1.29 is 22.6 Å². The Hall–Kier alpha value is -2.66. The Labute approximate surface area is 291 Å². The summed E-state index contributed by atoms with van der Waals surface area (Å²) in [5.41, 5.74) is 3.07. The van der Waals surface area contributed by atoms with Crippen molar-refractivity contribution in [1.29, 1.82) is 0 Å². The van der Waals surface area contributed by atoms with E-state index in [-0.39, 0.29) is 22.2 Å². The first-order valence-electron chi connectivity index (χ1n) is 18.5. The van der Waals surface area contributed by atoms with Crippen molar-refractivity contribution in [2.75, 3.05) is 13.2 Å². The molecule has 48 heavy (non-hydrogen) atoms. The molecule has 0 heterocycles. The van der Waals surface area contributed by atoms with Crippen molar-refractivity contribution in [3.05, 3.63) is 82.1 Å². The van der Waals surface area contributed by atoms with Crippen LogP contribution >= 0.6 is 11.6 Å². The fourth-order valence-corrected chi connectivity index (χ4v) is 8.56. The van der Waals surface area contributed by atoms with Crippen LogP contribution in [0.2, 0.25) is 5.02 Å². The standard InChI is InChI=1S/C21H30ClFO.C21H24F2O/c1-3-24-19-13-12-18(21(23)20(19)22)17-10-8-16(9-11-17)15-6-4-14(2)5-7-15;1-3-24-19-13-12-18(20(22)21(19)23)17-10-8-16(9-11-17)15-6-4-14(2)5-7-15/h12-17H,3-11H2,1-2H3;8-15H,3-7H2,1-2H3. The molecule has 0 unspecified atom stereocenters. The Bertz CT molecular complexity index is 1450. The van der Waals surface area contributed by atoms with Gasteiger partial charge in [-0.05, 0) is 136 Å². The molecule has 3 fully saturated rings. The summed E-state index contributed by atoms with van der Waals surface area (Å²) in [6.45, 7) is 9.13. The molecule has 262 valence electrons. The maximum absolute atomic E-state index is 14.7. The van der Waals surface area contributed by atoms with Crippen LogP contribution < -0.4 is 9.47 Å². The van der Waals surface area contributed by atoms with Crippen LogP contribution in [0, 0.1) is 41.1 Å². The highest BCUT2D eigenvalue weighted by atomic mass is 35.5. The van der Waals surface area contributed by atoms with Crippen LogP contribution in [-0.4, -0.2) is 13.2 Å². The summed E-state index contributed by atoms with van der Waals surface area (Å²) in [4.78, 5) is 0. The van der Waals surface area contributed by atoms with E-state index in [0.717, 1.165) is 42.1 Å². The van der Waals surface area contributed by atoms with Crippen molar-refractivity contribution in [2.24, 2.45) is 23.7 Å². The van der Waals surface area contributed by atoms with Crippen LogP contribution in [0.1, 0.15) is 128 Å². The fourth-order valence-electron chi connectivity index (χ4n) is 8.34. The highest BCUT2D eigenvalue weighted by Crippen LogP contribution is 2.45. The second kappa shape index (κ2) is 17.3. The zero-order valence-electron chi connectivity index (χ0n) is 29.3. The van der Waals surface area contributed by atoms with Gasteiger partial charge in [0, 0.05) is 5.56 Å². The van der Waals surface area contributed by atoms with E-state index in [1.807, 2.05) is 31.2 Å². The van der Waals surface area contributed by atoms with Gasteiger partial charge in [-0.1, -0.05) is 81.5 Å². The van der Waals surface area contributed by atoms with Crippen LogP contribution in [0.15, 0.2) is 48.5 Å². The van der Waals surface area contributed by atoms with Gasteiger partial charge in [-0.15, -0.1) is 0 Å². The summed E-state index contributed by atoms with van der Waals surface area (Å²) in [5, 5.41) is 0.151. The van der Waals surface area contributed by atoms with Crippen molar-refractivity contribution in [2.45, 2.75) is 117 Å². The molecule has 0 aromatic heterocycles. The first-order valence-corrected chi connectivity index (χ1v) is 18.9. The molecule has 3 aromatic carbocycles. The molecule has 3 aromatic rings. The third-order valence-electron chi connectivity index (χ3n) is 11.4. The molecule has 0 amide bonds. The van der Waals surface area contributed by atoms with Crippen molar-refractivity contribution in [3.63, 3.8) is 0 Å². The van der Waals surface area contributed by atoms with Gasteiger partial charge < -0.3 is 9.47 Å². The van der Waals surface area contributed by atoms with Crippen LogP contribution in [0.3, 0.4) is 0 Å². The predicted octanol–water partition coefficient (Wildman–Crippen LogP) is 13.3. The van der Waals surface area contributed by atoms with Gasteiger partial charge >= 0.3 is 0 Å². The zero-order chi connectivity index (χ0) is 34.2. The lowest BCUT2D eigenvalue weighted by Crippen LogP contribution is -2.25. The molecule has 0 aliphatic heterocycles. The average Bonchev–Trinajstić information content (AvgIpc) is 3.10. The summed E-state index contributed by atoms with van der Waals surface area (Å²) >= 11 is 6.16. The Morgan fingerprint density at radius 1 is 0.562 bits per heavy atom. The second-order valence-corrected chi connectivity index (χ2v) is 15.0. The number of benzene rings is 3. The molecular formula is C42H54ClF3O2. The van der Waals surface area contributed by atoms with Gasteiger partial charge in [0.15, 0.2) is 11.6 Å². The SMILES string of the molecule is CCOc1ccc(-c2ccc(C3CCC(C)CC3)cc2)c(F)c1F.CCOc1ccc(C2CCC(C3CCC(C)CC3)CC2)c(F)c1Cl. The number of hydrogen-bond donors (Lipinski definition) is 0. The zero-order valence-corrected chi connectivity index (χ0v) is 30.1. The van der Waals surface area contributed by atoms with E-state index < -0.39 is 11.6 Å². The van der Waals surface area contributed by atoms with E-state index in [1.165, 1.54) is 75.8 Å². The van der Waals surface area contributed by atoms with Gasteiger partial charge in [0.25, 0.3) is 0 Å². The third-order valence-corrected chi connectivity index (χ3v) is 11.7. The van der Waals surface area contributed by atoms with Gasteiger partial charge in [-0.25, -0.2) is 8.78 Å². The van der Waals surface area contributed by atoms with E-state index >= 15 is 0 Å². The van der Waals surface area contributed by atoms with Crippen LogP contribution in [0.25, 0.3) is 11.1 Å². The molecule has 2 nitrogen and oxygen atoms in total. The molecule has 0 radical (unpaired) electrons. The predicted molar refractivity (Wildman–Crippen MR) is 192 cm³/mol. The highest BCUT2D eigenvalue weighted by molar-refractivity contribution is 6.32. The lowest BCUT2D eigenvalue weighted by molar-refractivity contribution is 0.164. The molecule has 6 rings (SSSR count). The summed E-state index contributed by atoms with van der Waals surface area (Å²) in [5.74, 6) is 2.81. The molecule has 0 saturated heterocycles. The second-order valence-electron chi connectivity index (χ2n) is 14.6. The monoisotopic (exact) mass is 682 g/mol. The number of ether oxygens (including phenoxy) is 2. The van der Waals surface area contributed by atoms with Crippen molar-refractivity contribution >= 4 is 11.6 Å². The molecule has 3 saturated carbocycles. The van der Waals surface area contributed by atoms with E-state index in [4.69, 9.17) is 21.1 Å². The minimum absolute atomic E-state index is 0.0355. The van der Waals surface area contributed by atoms with Gasteiger partial charge in [0.1, 0.15) is 16.6 Å². The largest absolute Gasteiger partial charge is 0.492 e. The van der Waals surface area contributed by atoms with Gasteiger partial charge in [0.05, 0.1) is 13.2 Å². The average molecular weight is 683 g/mol. The van der Waals surface area contributed by atoms with Crippen LogP contribution in [0.5, 0.6) is 11.5 Å². The lowest BCUT2D eigenvalue weighted by atomic mass is 9.68. The number of hydrogen-bond acceptors (Lipinski definition) is 2. The number of halogens is 4. The molecular weight excluding hydrogens is 629 g/mol. The molecule has 3 aliphatic rings. The lowest BCUT2D eigenvalue weighted by Gasteiger charge is -2.37. The summed E-state index contributed by atoms with van der Waals surface area (Å²) in [6, 6.07) is 14.7. The molecule has 0 atom stereocenters. The smallest absolute Gasteiger partial charge is 0.201 e. The Balaban J connectivity index is 0.000000188. The number of rotatable bonds is 8. The Morgan fingerprint density at radius 2 is 1.06 bits per heavy atom.